The number of amides is 2. The van der Waals surface area contributed by atoms with E-state index < -0.39 is 5.91 Å². The van der Waals surface area contributed by atoms with E-state index in [4.69, 9.17) is 5.73 Å². The first-order valence-corrected chi connectivity index (χ1v) is 11.4. The molecule has 3 rings (SSSR count). The lowest BCUT2D eigenvalue weighted by Gasteiger charge is -2.20. The van der Waals surface area contributed by atoms with Crippen LogP contribution < -0.4 is 11.1 Å². The highest BCUT2D eigenvalue weighted by molar-refractivity contribution is 5.95. The zero-order valence-electron chi connectivity index (χ0n) is 20.2. The van der Waals surface area contributed by atoms with Gasteiger partial charge in [0, 0.05) is 11.1 Å². The Bertz CT molecular complexity index is 1110. The third-order valence-electron chi connectivity index (χ3n) is 6.15. The van der Waals surface area contributed by atoms with Gasteiger partial charge >= 0.3 is 0 Å². The maximum Gasteiger partial charge on any atom is 0.251 e. The van der Waals surface area contributed by atoms with Crippen LogP contribution >= 0.6 is 0 Å². The highest BCUT2D eigenvalue weighted by Crippen LogP contribution is 2.25. The van der Waals surface area contributed by atoms with Crippen LogP contribution in [-0.4, -0.2) is 11.8 Å². The molecule has 4 heteroatoms. The summed E-state index contributed by atoms with van der Waals surface area (Å²) in [4.78, 5) is 25.0. The number of benzene rings is 3. The Morgan fingerprint density at radius 3 is 2.09 bits per heavy atom. The fourth-order valence-corrected chi connectivity index (χ4v) is 3.98. The average molecular weight is 443 g/mol. The Morgan fingerprint density at radius 1 is 0.879 bits per heavy atom. The molecule has 4 nitrogen and oxygen atoms in total. The zero-order chi connectivity index (χ0) is 24.2. The van der Waals surface area contributed by atoms with Crippen molar-refractivity contribution < 1.29 is 9.59 Å². The summed E-state index contributed by atoms with van der Waals surface area (Å²) in [5.41, 5.74) is 11.0. The molecule has 0 radical (unpaired) electrons. The van der Waals surface area contributed by atoms with Crippen LogP contribution in [0.15, 0.2) is 72.8 Å². The second kappa shape index (κ2) is 10.0. The normalized spacial score (nSPS) is 13.2. The molecule has 0 saturated carbocycles. The van der Waals surface area contributed by atoms with E-state index in [2.05, 4.69) is 45.1 Å². The van der Waals surface area contributed by atoms with Gasteiger partial charge in [-0.05, 0) is 65.1 Å². The van der Waals surface area contributed by atoms with Crippen LogP contribution in [-0.2, 0) is 11.8 Å². The monoisotopic (exact) mass is 442 g/mol. The molecule has 0 fully saturated rings. The van der Waals surface area contributed by atoms with Crippen molar-refractivity contribution in [3.05, 3.63) is 106 Å². The van der Waals surface area contributed by atoms with Gasteiger partial charge in [0.15, 0.2) is 0 Å². The molecule has 0 heterocycles. The summed E-state index contributed by atoms with van der Waals surface area (Å²) in [6, 6.07) is 23.4. The Morgan fingerprint density at radius 2 is 1.52 bits per heavy atom. The van der Waals surface area contributed by atoms with E-state index in [-0.39, 0.29) is 23.3 Å². The third kappa shape index (κ3) is 6.10. The average Bonchev–Trinajstić information content (AvgIpc) is 2.79. The molecule has 2 atom stereocenters. The number of hydrogen-bond acceptors (Lipinski definition) is 2. The van der Waals surface area contributed by atoms with Gasteiger partial charge in [0.2, 0.25) is 5.91 Å². The Kier molecular flexibility index (Phi) is 7.37. The minimum Gasteiger partial charge on any atom is -0.366 e. The molecule has 0 saturated heterocycles. The van der Waals surface area contributed by atoms with Crippen molar-refractivity contribution in [2.24, 2.45) is 5.73 Å². The SMILES string of the molecule is C[C@@H](Cc1ccc([C@@H](C)NC(=O)c2ccc(C(C)(C)C)cc2)cc1C(N)=O)c1ccccc1. The van der Waals surface area contributed by atoms with E-state index >= 15 is 0 Å². The number of carbonyl (C=O) groups excluding carboxylic acids is 2. The van der Waals surface area contributed by atoms with Gasteiger partial charge in [-0.25, -0.2) is 0 Å². The summed E-state index contributed by atoms with van der Waals surface area (Å²) in [6.45, 7) is 10.5. The Hall–Kier alpha value is -3.40. The first-order chi connectivity index (χ1) is 15.6. The summed E-state index contributed by atoms with van der Waals surface area (Å²) in [7, 11) is 0. The van der Waals surface area contributed by atoms with Gasteiger partial charge in [-0.2, -0.15) is 0 Å². The number of primary amides is 1. The van der Waals surface area contributed by atoms with Gasteiger partial charge in [0.1, 0.15) is 0 Å². The fraction of sp³-hybridized carbons (Fsp3) is 0.310. The maximum atomic E-state index is 12.8. The van der Waals surface area contributed by atoms with Crippen molar-refractivity contribution in [1.82, 2.24) is 5.32 Å². The van der Waals surface area contributed by atoms with Crippen LogP contribution in [0.5, 0.6) is 0 Å². The highest BCUT2D eigenvalue weighted by atomic mass is 16.2. The fourth-order valence-electron chi connectivity index (χ4n) is 3.98. The lowest BCUT2D eigenvalue weighted by molar-refractivity contribution is 0.0939. The first kappa shape index (κ1) is 24.2. The topological polar surface area (TPSA) is 72.2 Å². The number of nitrogens with one attached hydrogen (secondary N) is 1. The second-order valence-electron chi connectivity index (χ2n) is 9.82. The van der Waals surface area contributed by atoms with Gasteiger partial charge in [-0.15, -0.1) is 0 Å². The minimum absolute atomic E-state index is 0.0349. The van der Waals surface area contributed by atoms with Crippen LogP contribution in [0.4, 0.5) is 0 Å². The molecule has 2 amide bonds. The van der Waals surface area contributed by atoms with Gasteiger partial charge in [-0.1, -0.05) is 82.3 Å². The van der Waals surface area contributed by atoms with Crippen LogP contribution in [0.1, 0.15) is 89.5 Å². The van der Waals surface area contributed by atoms with Crippen LogP contribution in [0.25, 0.3) is 0 Å². The molecule has 3 aromatic rings. The van der Waals surface area contributed by atoms with E-state index in [1.807, 2.05) is 67.6 Å². The molecule has 0 aliphatic heterocycles. The molecule has 0 aliphatic carbocycles. The summed E-state index contributed by atoms with van der Waals surface area (Å²) >= 11 is 0. The van der Waals surface area contributed by atoms with Gasteiger partial charge in [0.25, 0.3) is 5.91 Å². The number of carbonyl (C=O) groups is 2. The summed E-state index contributed by atoms with van der Waals surface area (Å²) in [5, 5.41) is 3.03. The lowest BCUT2D eigenvalue weighted by Crippen LogP contribution is -2.27. The maximum absolute atomic E-state index is 12.8. The molecule has 0 spiro atoms. The van der Waals surface area contributed by atoms with E-state index in [0.29, 0.717) is 17.5 Å². The van der Waals surface area contributed by atoms with Crippen LogP contribution in [0, 0.1) is 0 Å². The summed E-state index contributed by atoms with van der Waals surface area (Å²) in [6.07, 6.45) is 0.712. The van der Waals surface area contributed by atoms with Crippen molar-refractivity contribution in [3.8, 4) is 0 Å². The largest absolute Gasteiger partial charge is 0.366 e. The summed E-state index contributed by atoms with van der Waals surface area (Å²) in [5.74, 6) is -0.350. The standard InChI is InChI=1S/C29H34N2O2/c1-19(21-9-7-6-8-10-21)17-24-12-11-23(18-26(24)27(30)32)20(2)31-28(33)22-13-15-25(16-14-22)29(3,4)5/h6-16,18-20H,17H2,1-5H3,(H2,30,32)(H,31,33)/t19-,20+/m0/s1. The van der Waals surface area contributed by atoms with E-state index in [9.17, 15) is 9.59 Å². The van der Waals surface area contributed by atoms with E-state index in [0.717, 1.165) is 11.1 Å². The van der Waals surface area contributed by atoms with Gasteiger partial charge in [-0.3, -0.25) is 9.59 Å². The predicted octanol–water partition coefficient (Wildman–Crippen LogP) is 5.92. The Labute approximate surface area is 197 Å². The number of hydrogen-bond donors (Lipinski definition) is 2. The second-order valence-corrected chi connectivity index (χ2v) is 9.82. The van der Waals surface area contributed by atoms with Gasteiger partial charge in [0.05, 0.1) is 6.04 Å². The molecule has 3 aromatic carbocycles. The van der Waals surface area contributed by atoms with Crippen molar-refractivity contribution in [3.63, 3.8) is 0 Å². The summed E-state index contributed by atoms with van der Waals surface area (Å²) < 4.78 is 0. The molecule has 3 N–H and O–H groups in total. The zero-order valence-corrected chi connectivity index (χ0v) is 20.2. The Balaban J connectivity index is 1.75. The molecule has 0 bridgehead atoms. The molecule has 33 heavy (non-hydrogen) atoms. The predicted molar refractivity (Wildman–Crippen MR) is 135 cm³/mol. The van der Waals surface area contributed by atoms with Crippen molar-refractivity contribution in [1.29, 1.82) is 0 Å². The van der Waals surface area contributed by atoms with Crippen molar-refractivity contribution in [2.45, 2.75) is 58.4 Å². The number of nitrogens with two attached hydrogens (primary N) is 1. The molecule has 172 valence electrons. The van der Waals surface area contributed by atoms with E-state index in [1.54, 1.807) is 0 Å². The van der Waals surface area contributed by atoms with Crippen LogP contribution in [0.3, 0.4) is 0 Å². The molecular formula is C29H34N2O2. The highest BCUT2D eigenvalue weighted by Gasteiger charge is 2.18. The smallest absolute Gasteiger partial charge is 0.251 e. The first-order valence-electron chi connectivity index (χ1n) is 11.4. The van der Waals surface area contributed by atoms with E-state index in [1.165, 1.54) is 11.1 Å². The quantitative estimate of drug-likeness (QED) is 0.477. The van der Waals surface area contributed by atoms with Crippen molar-refractivity contribution >= 4 is 11.8 Å². The molecule has 0 unspecified atom stereocenters. The molecular weight excluding hydrogens is 408 g/mol. The van der Waals surface area contributed by atoms with Crippen molar-refractivity contribution in [2.75, 3.05) is 0 Å². The molecule has 0 aliphatic rings. The molecule has 0 aromatic heterocycles. The van der Waals surface area contributed by atoms with Crippen LogP contribution in [0.2, 0.25) is 0 Å². The minimum atomic E-state index is -0.455. The lowest BCUT2D eigenvalue weighted by atomic mass is 9.86. The number of rotatable bonds is 7. The van der Waals surface area contributed by atoms with Gasteiger partial charge < -0.3 is 11.1 Å². The third-order valence-corrected chi connectivity index (χ3v) is 6.15.